The SMILES string of the molecule is CCCCn1c(=O)[nH]c(=O)c2c1nc(Cn1cc(C(=O)OC)cc([N+](=O)[O-])c1=O)n2CC. The Morgan fingerprint density at radius 1 is 1.25 bits per heavy atom. The van der Waals surface area contributed by atoms with E-state index in [0.717, 1.165) is 30.4 Å². The van der Waals surface area contributed by atoms with Crippen LogP contribution >= 0.6 is 0 Å². The number of methoxy groups -OCH3 is 1. The minimum Gasteiger partial charge on any atom is -0.465 e. The molecule has 0 unspecified atom stereocenters. The Balaban J connectivity index is 2.25. The van der Waals surface area contributed by atoms with Crippen molar-refractivity contribution in [3.05, 3.63) is 65.0 Å². The van der Waals surface area contributed by atoms with Gasteiger partial charge in [-0.3, -0.25) is 29.3 Å². The molecule has 3 rings (SSSR count). The summed E-state index contributed by atoms with van der Waals surface area (Å²) >= 11 is 0. The van der Waals surface area contributed by atoms with Gasteiger partial charge in [0, 0.05) is 25.4 Å². The maximum absolute atomic E-state index is 12.6. The van der Waals surface area contributed by atoms with Gasteiger partial charge in [0.1, 0.15) is 5.82 Å². The number of rotatable bonds is 8. The molecule has 0 aliphatic rings. The molecular formula is C19H22N6O7. The lowest BCUT2D eigenvalue weighted by Crippen LogP contribution is -2.31. The number of unbranched alkanes of at least 4 members (excludes halogenated alkanes) is 1. The Morgan fingerprint density at radius 3 is 2.56 bits per heavy atom. The number of ether oxygens (including phenoxy) is 1. The van der Waals surface area contributed by atoms with Crippen LogP contribution in [-0.4, -0.2) is 41.7 Å². The average Bonchev–Trinajstić information content (AvgIpc) is 3.12. The summed E-state index contributed by atoms with van der Waals surface area (Å²) in [6.07, 6.45) is 2.63. The number of pyridine rings is 1. The minimum absolute atomic E-state index is 0.157. The van der Waals surface area contributed by atoms with Gasteiger partial charge in [-0.2, -0.15) is 0 Å². The standard InChI is InChI=1S/C19H22N6O7/c1-4-6-7-24-15-14(16(26)21-19(24)29)23(5-2)13(20-15)10-22-9-11(18(28)32-3)8-12(17(22)27)25(30)31/h8-9H,4-7,10H2,1-3H3,(H,21,26,29). The second-order valence-electron chi connectivity index (χ2n) is 7.00. The Bertz CT molecular complexity index is 1380. The number of nitrogens with one attached hydrogen (secondary N) is 1. The third kappa shape index (κ3) is 3.96. The van der Waals surface area contributed by atoms with Crippen LogP contribution in [0.15, 0.2) is 26.6 Å². The molecule has 3 aromatic heterocycles. The first-order valence-corrected chi connectivity index (χ1v) is 9.92. The minimum atomic E-state index is -0.949. The zero-order chi connectivity index (χ0) is 23.6. The number of carbonyl (C=O) groups is 1. The molecule has 0 radical (unpaired) electrons. The van der Waals surface area contributed by atoms with Gasteiger partial charge in [0.25, 0.3) is 5.56 Å². The monoisotopic (exact) mass is 446 g/mol. The van der Waals surface area contributed by atoms with Crippen molar-refractivity contribution in [2.45, 2.75) is 46.3 Å². The normalized spacial score (nSPS) is 11.1. The van der Waals surface area contributed by atoms with Crippen LogP contribution in [0.4, 0.5) is 5.69 Å². The Kier molecular flexibility index (Phi) is 6.37. The van der Waals surface area contributed by atoms with Crippen molar-refractivity contribution in [3.8, 4) is 0 Å². The molecule has 0 amide bonds. The number of esters is 1. The van der Waals surface area contributed by atoms with Gasteiger partial charge in [0.15, 0.2) is 11.2 Å². The summed E-state index contributed by atoms with van der Waals surface area (Å²) in [6.45, 7) is 4.06. The zero-order valence-electron chi connectivity index (χ0n) is 17.8. The van der Waals surface area contributed by atoms with E-state index in [2.05, 4.69) is 14.7 Å². The first-order valence-electron chi connectivity index (χ1n) is 9.92. The number of aromatic nitrogens is 5. The predicted octanol–water partition coefficient (Wildman–Crippen LogP) is 0.611. The van der Waals surface area contributed by atoms with Crippen molar-refractivity contribution in [1.82, 2.24) is 23.7 Å². The van der Waals surface area contributed by atoms with Gasteiger partial charge in [0.05, 0.1) is 24.1 Å². The molecule has 13 nitrogen and oxygen atoms in total. The van der Waals surface area contributed by atoms with E-state index in [1.807, 2.05) is 6.92 Å². The van der Waals surface area contributed by atoms with Crippen molar-refractivity contribution >= 4 is 22.8 Å². The molecule has 3 heterocycles. The largest absolute Gasteiger partial charge is 0.465 e. The molecule has 32 heavy (non-hydrogen) atoms. The summed E-state index contributed by atoms with van der Waals surface area (Å²) in [5.41, 5.74) is -2.83. The highest BCUT2D eigenvalue weighted by Gasteiger charge is 2.23. The summed E-state index contributed by atoms with van der Waals surface area (Å²) in [6, 6.07) is 0.848. The number of imidazole rings is 1. The van der Waals surface area contributed by atoms with Crippen LogP contribution in [-0.2, 0) is 24.4 Å². The molecular weight excluding hydrogens is 424 g/mol. The quantitative estimate of drug-likeness (QED) is 0.299. The Labute approximate surface area is 180 Å². The summed E-state index contributed by atoms with van der Waals surface area (Å²) in [7, 11) is 1.11. The summed E-state index contributed by atoms with van der Waals surface area (Å²) in [5, 5.41) is 11.3. The van der Waals surface area contributed by atoms with Gasteiger partial charge < -0.3 is 13.9 Å². The number of aromatic amines is 1. The second-order valence-corrected chi connectivity index (χ2v) is 7.00. The highest BCUT2D eigenvalue weighted by molar-refractivity contribution is 5.89. The van der Waals surface area contributed by atoms with Crippen molar-refractivity contribution in [3.63, 3.8) is 0 Å². The summed E-state index contributed by atoms with van der Waals surface area (Å²) in [5.74, 6) is -0.627. The Morgan fingerprint density at radius 2 is 1.97 bits per heavy atom. The lowest BCUT2D eigenvalue weighted by atomic mass is 10.2. The van der Waals surface area contributed by atoms with Gasteiger partial charge >= 0.3 is 22.9 Å². The molecule has 170 valence electrons. The van der Waals surface area contributed by atoms with Gasteiger partial charge in [0.2, 0.25) is 0 Å². The number of fused-ring (bicyclic) bond motifs is 1. The number of hydrogen-bond acceptors (Lipinski definition) is 8. The van der Waals surface area contributed by atoms with E-state index in [1.165, 1.54) is 9.13 Å². The van der Waals surface area contributed by atoms with Crippen molar-refractivity contribution in [2.75, 3.05) is 7.11 Å². The third-order valence-electron chi connectivity index (χ3n) is 5.01. The molecule has 0 saturated carbocycles. The molecule has 0 saturated heterocycles. The zero-order valence-corrected chi connectivity index (χ0v) is 17.8. The van der Waals surface area contributed by atoms with Crippen LogP contribution in [0.5, 0.6) is 0 Å². The molecule has 0 aliphatic heterocycles. The van der Waals surface area contributed by atoms with Crippen LogP contribution in [0.3, 0.4) is 0 Å². The number of nitrogens with zero attached hydrogens (tertiary/aromatic N) is 5. The lowest BCUT2D eigenvalue weighted by molar-refractivity contribution is -0.386. The number of aryl methyl sites for hydroxylation is 2. The van der Waals surface area contributed by atoms with Gasteiger partial charge in [-0.1, -0.05) is 13.3 Å². The van der Waals surface area contributed by atoms with E-state index in [1.54, 1.807) is 6.92 Å². The average molecular weight is 446 g/mol. The highest BCUT2D eigenvalue weighted by Crippen LogP contribution is 2.15. The van der Waals surface area contributed by atoms with Crippen LogP contribution in [0.1, 0.15) is 42.9 Å². The first-order chi connectivity index (χ1) is 15.2. The molecule has 3 aromatic rings. The first kappa shape index (κ1) is 22.7. The Hall–Kier alpha value is -4.03. The highest BCUT2D eigenvalue weighted by atomic mass is 16.6. The molecule has 0 fully saturated rings. The van der Waals surface area contributed by atoms with E-state index in [4.69, 9.17) is 0 Å². The van der Waals surface area contributed by atoms with E-state index in [0.29, 0.717) is 13.0 Å². The lowest BCUT2D eigenvalue weighted by Gasteiger charge is -2.09. The maximum Gasteiger partial charge on any atom is 0.339 e. The summed E-state index contributed by atoms with van der Waals surface area (Å²) < 4.78 is 8.45. The molecule has 0 bridgehead atoms. The topological polar surface area (TPSA) is 164 Å². The fourth-order valence-electron chi connectivity index (χ4n) is 3.45. The molecule has 0 spiro atoms. The molecule has 0 aliphatic carbocycles. The van der Waals surface area contributed by atoms with Crippen LogP contribution in [0.25, 0.3) is 11.2 Å². The van der Waals surface area contributed by atoms with Crippen molar-refractivity contribution < 1.29 is 14.5 Å². The number of H-pyrrole nitrogens is 1. The molecule has 0 aromatic carbocycles. The van der Waals surface area contributed by atoms with Crippen LogP contribution < -0.4 is 16.8 Å². The van der Waals surface area contributed by atoms with Gasteiger partial charge in [-0.15, -0.1) is 0 Å². The molecule has 1 N–H and O–H groups in total. The predicted molar refractivity (Wildman–Crippen MR) is 113 cm³/mol. The third-order valence-corrected chi connectivity index (χ3v) is 5.01. The van der Waals surface area contributed by atoms with Crippen molar-refractivity contribution in [1.29, 1.82) is 0 Å². The number of hydrogen-bond donors (Lipinski definition) is 1. The number of nitro groups is 1. The van der Waals surface area contributed by atoms with E-state index in [-0.39, 0.29) is 35.6 Å². The molecule has 13 heteroatoms. The van der Waals surface area contributed by atoms with E-state index < -0.39 is 33.4 Å². The van der Waals surface area contributed by atoms with Crippen LogP contribution in [0.2, 0.25) is 0 Å². The van der Waals surface area contributed by atoms with Gasteiger partial charge in [-0.05, 0) is 13.3 Å². The molecule has 0 atom stereocenters. The van der Waals surface area contributed by atoms with Crippen molar-refractivity contribution in [2.24, 2.45) is 0 Å². The smallest absolute Gasteiger partial charge is 0.339 e. The maximum atomic E-state index is 12.6. The fourth-order valence-corrected chi connectivity index (χ4v) is 3.45. The number of carbonyl (C=O) groups excluding carboxylic acids is 1. The van der Waals surface area contributed by atoms with E-state index in [9.17, 15) is 29.3 Å². The van der Waals surface area contributed by atoms with Crippen LogP contribution in [0, 0.1) is 10.1 Å². The second kappa shape index (κ2) is 8.99. The van der Waals surface area contributed by atoms with Gasteiger partial charge in [-0.25, -0.2) is 14.6 Å². The fraction of sp³-hybridized carbons (Fsp3) is 0.421. The summed E-state index contributed by atoms with van der Waals surface area (Å²) in [4.78, 5) is 66.5. The van der Waals surface area contributed by atoms with E-state index >= 15 is 0 Å².